The van der Waals surface area contributed by atoms with E-state index in [1.54, 1.807) is 7.11 Å². The summed E-state index contributed by atoms with van der Waals surface area (Å²) in [6.07, 6.45) is 1.05. The van der Waals surface area contributed by atoms with Gasteiger partial charge in [0.1, 0.15) is 5.75 Å². The largest absolute Gasteiger partial charge is 0.497 e. The lowest BCUT2D eigenvalue weighted by molar-refractivity contribution is -0.118. The van der Waals surface area contributed by atoms with Crippen LogP contribution in [-0.4, -0.2) is 48.1 Å². The SMILES string of the molecule is COc1ccc(-c2nnc(SCC(=O)NCCN3c4ccccc4CC3C)o2)cc1. The predicted molar refractivity (Wildman–Crippen MR) is 117 cm³/mol. The second kappa shape index (κ2) is 9.21. The second-order valence-corrected chi connectivity index (χ2v) is 8.04. The second-order valence-electron chi connectivity index (χ2n) is 7.12. The number of amides is 1. The van der Waals surface area contributed by atoms with E-state index in [4.69, 9.17) is 9.15 Å². The monoisotopic (exact) mass is 424 g/mol. The zero-order valence-corrected chi connectivity index (χ0v) is 17.8. The average molecular weight is 425 g/mol. The van der Waals surface area contributed by atoms with E-state index < -0.39 is 0 Å². The number of para-hydroxylation sites is 1. The summed E-state index contributed by atoms with van der Waals surface area (Å²) in [7, 11) is 1.62. The maximum atomic E-state index is 12.2. The van der Waals surface area contributed by atoms with Gasteiger partial charge >= 0.3 is 0 Å². The summed E-state index contributed by atoms with van der Waals surface area (Å²) >= 11 is 1.23. The van der Waals surface area contributed by atoms with Crippen LogP contribution < -0.4 is 15.0 Å². The van der Waals surface area contributed by atoms with Gasteiger partial charge in [-0.25, -0.2) is 0 Å². The Bertz CT molecular complexity index is 1010. The minimum absolute atomic E-state index is 0.0515. The molecule has 0 fully saturated rings. The fourth-order valence-corrected chi connectivity index (χ4v) is 4.18. The lowest BCUT2D eigenvalue weighted by Gasteiger charge is -2.24. The first-order chi connectivity index (χ1) is 14.6. The molecule has 0 saturated carbocycles. The minimum atomic E-state index is -0.0515. The van der Waals surface area contributed by atoms with Crippen molar-refractivity contribution in [3.8, 4) is 17.2 Å². The number of methoxy groups -OCH3 is 1. The molecule has 4 rings (SSSR count). The number of hydrogen-bond acceptors (Lipinski definition) is 7. The van der Waals surface area contributed by atoms with Crippen molar-refractivity contribution in [1.29, 1.82) is 0 Å². The Balaban J connectivity index is 1.23. The van der Waals surface area contributed by atoms with E-state index in [9.17, 15) is 4.79 Å². The zero-order chi connectivity index (χ0) is 20.9. The third kappa shape index (κ3) is 4.59. The first-order valence-electron chi connectivity index (χ1n) is 9.86. The van der Waals surface area contributed by atoms with Crippen LogP contribution >= 0.6 is 11.8 Å². The number of rotatable bonds is 8. The third-order valence-electron chi connectivity index (χ3n) is 5.09. The number of nitrogens with zero attached hydrogens (tertiary/aromatic N) is 3. The highest BCUT2D eigenvalue weighted by Gasteiger charge is 2.24. The molecule has 0 aliphatic carbocycles. The highest BCUT2D eigenvalue weighted by atomic mass is 32.2. The van der Waals surface area contributed by atoms with Crippen LogP contribution in [0.2, 0.25) is 0 Å². The first kappa shape index (κ1) is 20.3. The first-order valence-corrected chi connectivity index (χ1v) is 10.8. The molecule has 8 heteroatoms. The van der Waals surface area contributed by atoms with Gasteiger partial charge in [0.25, 0.3) is 5.22 Å². The van der Waals surface area contributed by atoms with Gasteiger partial charge in [0, 0.05) is 30.4 Å². The number of ether oxygens (including phenoxy) is 1. The van der Waals surface area contributed by atoms with E-state index in [1.807, 2.05) is 24.3 Å². The number of hydrogen-bond donors (Lipinski definition) is 1. The van der Waals surface area contributed by atoms with Gasteiger partial charge in [-0.2, -0.15) is 0 Å². The molecule has 2 heterocycles. The Morgan fingerprint density at radius 3 is 2.83 bits per heavy atom. The molecule has 1 unspecified atom stereocenters. The third-order valence-corrected chi connectivity index (χ3v) is 5.91. The minimum Gasteiger partial charge on any atom is -0.497 e. The molecule has 1 N–H and O–H groups in total. The van der Waals surface area contributed by atoms with E-state index in [-0.39, 0.29) is 11.7 Å². The van der Waals surface area contributed by atoms with Gasteiger partial charge in [-0.3, -0.25) is 4.79 Å². The predicted octanol–water partition coefficient (Wildman–Crippen LogP) is 3.40. The molecule has 1 aromatic heterocycles. The summed E-state index contributed by atoms with van der Waals surface area (Å²) in [5.74, 6) is 1.36. The quantitative estimate of drug-likeness (QED) is 0.555. The van der Waals surface area contributed by atoms with Crippen LogP contribution in [0.25, 0.3) is 11.5 Å². The highest BCUT2D eigenvalue weighted by molar-refractivity contribution is 7.99. The topological polar surface area (TPSA) is 80.5 Å². The van der Waals surface area contributed by atoms with E-state index >= 15 is 0 Å². The maximum Gasteiger partial charge on any atom is 0.277 e. The number of nitrogens with one attached hydrogen (secondary N) is 1. The Morgan fingerprint density at radius 1 is 1.23 bits per heavy atom. The lowest BCUT2D eigenvalue weighted by Crippen LogP contribution is -2.38. The molecule has 3 aromatic rings. The van der Waals surface area contributed by atoms with Gasteiger partial charge in [0.2, 0.25) is 11.8 Å². The number of fused-ring (bicyclic) bond motifs is 1. The van der Waals surface area contributed by atoms with E-state index in [0.29, 0.717) is 23.7 Å². The number of carbonyl (C=O) groups excluding carboxylic acids is 1. The van der Waals surface area contributed by atoms with E-state index in [1.165, 1.54) is 23.0 Å². The molecular formula is C22H24N4O3S. The number of thioether (sulfide) groups is 1. The molecule has 0 radical (unpaired) electrons. The Morgan fingerprint density at radius 2 is 2.03 bits per heavy atom. The maximum absolute atomic E-state index is 12.2. The van der Waals surface area contributed by atoms with Crippen LogP contribution in [0.4, 0.5) is 5.69 Å². The zero-order valence-electron chi connectivity index (χ0n) is 17.0. The van der Waals surface area contributed by atoms with E-state index in [2.05, 4.69) is 51.6 Å². The number of aromatic nitrogens is 2. The Hall–Kier alpha value is -3.00. The van der Waals surface area contributed by atoms with Gasteiger partial charge in [-0.05, 0) is 49.2 Å². The van der Waals surface area contributed by atoms with E-state index in [0.717, 1.165) is 24.3 Å². The van der Waals surface area contributed by atoms with Crippen LogP contribution in [0.3, 0.4) is 0 Å². The van der Waals surface area contributed by atoms with Gasteiger partial charge < -0.3 is 19.4 Å². The molecule has 7 nitrogen and oxygen atoms in total. The lowest BCUT2D eigenvalue weighted by atomic mass is 10.1. The van der Waals surface area contributed by atoms with Crippen LogP contribution in [-0.2, 0) is 11.2 Å². The molecule has 0 spiro atoms. The Labute approximate surface area is 179 Å². The Kier molecular flexibility index (Phi) is 6.23. The molecule has 156 valence electrons. The van der Waals surface area contributed by atoms with Crippen molar-refractivity contribution in [3.05, 3.63) is 54.1 Å². The number of benzene rings is 2. The van der Waals surface area contributed by atoms with Gasteiger partial charge in [-0.15, -0.1) is 10.2 Å². The summed E-state index contributed by atoms with van der Waals surface area (Å²) in [5, 5.41) is 11.4. The van der Waals surface area contributed by atoms with Crippen molar-refractivity contribution < 1.29 is 13.9 Å². The molecule has 0 saturated heterocycles. The van der Waals surface area contributed by atoms with Crippen molar-refractivity contribution in [2.75, 3.05) is 30.9 Å². The van der Waals surface area contributed by atoms with Gasteiger partial charge in [0.05, 0.1) is 12.9 Å². The van der Waals surface area contributed by atoms with Crippen molar-refractivity contribution >= 4 is 23.4 Å². The summed E-state index contributed by atoms with van der Waals surface area (Å²) in [4.78, 5) is 14.6. The fourth-order valence-electron chi connectivity index (χ4n) is 3.58. The molecule has 1 aliphatic heterocycles. The summed E-state index contributed by atoms with van der Waals surface area (Å²) < 4.78 is 10.8. The normalized spacial score (nSPS) is 15.1. The number of carbonyl (C=O) groups is 1. The van der Waals surface area contributed by atoms with Crippen molar-refractivity contribution in [2.24, 2.45) is 0 Å². The summed E-state index contributed by atoms with van der Waals surface area (Å²) in [6.45, 7) is 3.60. The summed E-state index contributed by atoms with van der Waals surface area (Å²) in [6, 6.07) is 16.3. The molecule has 1 atom stereocenters. The highest BCUT2D eigenvalue weighted by Crippen LogP contribution is 2.31. The molecule has 2 aromatic carbocycles. The molecule has 1 aliphatic rings. The molecular weight excluding hydrogens is 400 g/mol. The van der Waals surface area contributed by atoms with Crippen LogP contribution in [0.5, 0.6) is 5.75 Å². The van der Waals surface area contributed by atoms with Gasteiger partial charge in [-0.1, -0.05) is 30.0 Å². The summed E-state index contributed by atoms with van der Waals surface area (Å²) in [5.41, 5.74) is 3.45. The smallest absolute Gasteiger partial charge is 0.277 e. The van der Waals surface area contributed by atoms with Crippen LogP contribution in [0.1, 0.15) is 12.5 Å². The standard InChI is InChI=1S/C22H24N4O3S/c1-15-13-17-5-3-4-6-19(17)26(15)12-11-23-20(27)14-30-22-25-24-21(29-22)16-7-9-18(28-2)10-8-16/h3-10,15H,11-14H2,1-2H3,(H,23,27). The van der Waals surface area contributed by atoms with Crippen molar-refractivity contribution in [1.82, 2.24) is 15.5 Å². The molecule has 1 amide bonds. The van der Waals surface area contributed by atoms with Crippen LogP contribution in [0, 0.1) is 0 Å². The average Bonchev–Trinajstić information content (AvgIpc) is 3.37. The number of anilines is 1. The van der Waals surface area contributed by atoms with Crippen LogP contribution in [0.15, 0.2) is 58.2 Å². The van der Waals surface area contributed by atoms with Crippen molar-refractivity contribution in [3.63, 3.8) is 0 Å². The molecule has 30 heavy (non-hydrogen) atoms. The fraction of sp³-hybridized carbons (Fsp3) is 0.318. The van der Waals surface area contributed by atoms with Gasteiger partial charge in [0.15, 0.2) is 0 Å². The van der Waals surface area contributed by atoms with Crippen molar-refractivity contribution in [2.45, 2.75) is 24.6 Å². The molecule has 0 bridgehead atoms.